The first kappa shape index (κ1) is 24.1. The third-order valence-corrected chi connectivity index (χ3v) is 6.77. The lowest BCUT2D eigenvalue weighted by atomic mass is 10.1. The largest absolute Gasteiger partial charge is 0.495 e. The highest BCUT2D eigenvalue weighted by atomic mass is 32.2. The Hall–Kier alpha value is -3.53. The van der Waals surface area contributed by atoms with Crippen LogP contribution in [0.1, 0.15) is 21.5 Å². The quantitative estimate of drug-likeness (QED) is 0.535. The number of aryl methyl sites for hydroxylation is 1. The van der Waals surface area contributed by atoms with Gasteiger partial charge in [-0.05, 0) is 61.0 Å². The highest BCUT2D eigenvalue weighted by Gasteiger charge is 2.30. The van der Waals surface area contributed by atoms with Gasteiger partial charge in [0.15, 0.2) is 0 Å². The van der Waals surface area contributed by atoms with E-state index in [2.05, 4.69) is 5.32 Å². The number of carbonyl (C=O) groups excluding carboxylic acids is 1. The molecule has 0 heterocycles. The van der Waals surface area contributed by atoms with E-state index in [1.807, 2.05) is 0 Å². The van der Waals surface area contributed by atoms with Gasteiger partial charge in [-0.25, -0.2) is 8.42 Å². The maximum atomic E-state index is 13.2. The maximum absolute atomic E-state index is 13.2. The van der Waals surface area contributed by atoms with Crippen molar-refractivity contribution in [1.29, 1.82) is 0 Å². The fourth-order valence-corrected chi connectivity index (χ4v) is 4.36. The Kier molecular flexibility index (Phi) is 6.68. The second kappa shape index (κ2) is 9.14. The zero-order valence-corrected chi connectivity index (χ0v) is 18.8. The number of rotatable bonds is 6. The summed E-state index contributed by atoms with van der Waals surface area (Å²) in [6, 6.07) is 14.7. The van der Waals surface area contributed by atoms with Crippen molar-refractivity contribution in [3.8, 4) is 5.75 Å². The molecule has 6 nitrogen and oxygen atoms in total. The molecule has 3 rings (SSSR count). The number of halogens is 3. The second-order valence-electron chi connectivity index (χ2n) is 7.15. The number of para-hydroxylation sites is 2. The molecule has 33 heavy (non-hydrogen) atoms. The number of amides is 1. The first-order valence-electron chi connectivity index (χ1n) is 9.66. The zero-order chi connectivity index (χ0) is 24.4. The summed E-state index contributed by atoms with van der Waals surface area (Å²) in [5.41, 5.74) is 0.190. The van der Waals surface area contributed by atoms with Gasteiger partial charge in [-0.1, -0.05) is 18.2 Å². The third-order valence-electron chi connectivity index (χ3n) is 5.01. The average Bonchev–Trinajstić information content (AvgIpc) is 2.78. The summed E-state index contributed by atoms with van der Waals surface area (Å²) in [4.78, 5) is 12.6. The van der Waals surface area contributed by atoms with Gasteiger partial charge in [-0.15, -0.1) is 0 Å². The van der Waals surface area contributed by atoms with E-state index in [1.165, 1.54) is 32.4 Å². The van der Waals surface area contributed by atoms with E-state index in [-0.39, 0.29) is 16.1 Å². The molecule has 0 aliphatic rings. The van der Waals surface area contributed by atoms with E-state index in [0.29, 0.717) is 17.0 Å². The number of hydrogen-bond acceptors (Lipinski definition) is 4. The Morgan fingerprint density at radius 2 is 1.64 bits per heavy atom. The minimum Gasteiger partial charge on any atom is -0.495 e. The number of sulfonamides is 1. The molecule has 0 spiro atoms. The molecule has 0 radical (unpaired) electrons. The predicted octanol–water partition coefficient (Wildman–Crippen LogP) is 5.10. The van der Waals surface area contributed by atoms with Crippen molar-refractivity contribution in [2.75, 3.05) is 23.8 Å². The summed E-state index contributed by atoms with van der Waals surface area (Å²) >= 11 is 0. The van der Waals surface area contributed by atoms with Crippen LogP contribution in [0, 0.1) is 6.92 Å². The summed E-state index contributed by atoms with van der Waals surface area (Å²) in [6.07, 6.45) is -4.49. The Morgan fingerprint density at radius 1 is 1.00 bits per heavy atom. The minimum atomic E-state index is -4.49. The van der Waals surface area contributed by atoms with E-state index < -0.39 is 27.7 Å². The molecule has 10 heteroatoms. The Labute approximate surface area is 189 Å². The summed E-state index contributed by atoms with van der Waals surface area (Å²) in [6.45, 7) is 1.63. The van der Waals surface area contributed by atoms with Gasteiger partial charge in [0.05, 0.1) is 23.3 Å². The number of ether oxygens (including phenoxy) is 1. The molecule has 0 saturated carbocycles. The van der Waals surface area contributed by atoms with Crippen LogP contribution in [0.5, 0.6) is 5.75 Å². The van der Waals surface area contributed by atoms with Crippen LogP contribution in [-0.4, -0.2) is 28.5 Å². The van der Waals surface area contributed by atoms with Crippen molar-refractivity contribution in [2.24, 2.45) is 0 Å². The molecule has 0 unspecified atom stereocenters. The van der Waals surface area contributed by atoms with Gasteiger partial charge in [0.25, 0.3) is 15.9 Å². The SMILES string of the molecule is COc1ccccc1N(C)S(=O)(=O)c1ccc(C)c(C(=O)Nc2ccc(C(F)(F)F)cc2)c1. The number of anilines is 2. The molecule has 174 valence electrons. The monoisotopic (exact) mass is 478 g/mol. The van der Waals surface area contributed by atoms with Gasteiger partial charge in [-0.3, -0.25) is 9.10 Å². The van der Waals surface area contributed by atoms with Crippen LogP contribution in [0.4, 0.5) is 24.5 Å². The van der Waals surface area contributed by atoms with Crippen LogP contribution >= 0.6 is 0 Å². The van der Waals surface area contributed by atoms with Crippen molar-refractivity contribution in [2.45, 2.75) is 18.0 Å². The first-order chi connectivity index (χ1) is 15.4. The van der Waals surface area contributed by atoms with Gasteiger partial charge in [0, 0.05) is 18.3 Å². The van der Waals surface area contributed by atoms with Gasteiger partial charge in [0.2, 0.25) is 0 Å². The van der Waals surface area contributed by atoms with Gasteiger partial charge < -0.3 is 10.1 Å². The number of carbonyl (C=O) groups is 1. The first-order valence-corrected chi connectivity index (χ1v) is 11.1. The lowest BCUT2D eigenvalue weighted by molar-refractivity contribution is -0.137. The molecule has 0 atom stereocenters. The molecule has 0 aliphatic heterocycles. The molecule has 0 aromatic heterocycles. The van der Waals surface area contributed by atoms with Crippen LogP contribution in [-0.2, 0) is 16.2 Å². The molecule has 1 N–H and O–H groups in total. The van der Waals surface area contributed by atoms with Crippen molar-refractivity contribution in [3.05, 3.63) is 83.4 Å². The number of methoxy groups -OCH3 is 1. The number of nitrogens with one attached hydrogen (secondary N) is 1. The van der Waals surface area contributed by atoms with Crippen LogP contribution in [0.25, 0.3) is 0 Å². The summed E-state index contributed by atoms with van der Waals surface area (Å²) < 4.78 is 70.9. The van der Waals surface area contributed by atoms with Crippen LogP contribution < -0.4 is 14.4 Å². The number of hydrogen-bond donors (Lipinski definition) is 1. The molecular formula is C23H21F3N2O4S. The maximum Gasteiger partial charge on any atom is 0.416 e. The highest BCUT2D eigenvalue weighted by molar-refractivity contribution is 7.92. The zero-order valence-electron chi connectivity index (χ0n) is 18.0. The Bertz CT molecular complexity index is 1270. The van der Waals surface area contributed by atoms with Crippen molar-refractivity contribution >= 4 is 27.3 Å². The fourth-order valence-electron chi connectivity index (χ4n) is 3.12. The van der Waals surface area contributed by atoms with Crippen molar-refractivity contribution < 1.29 is 31.1 Å². The molecule has 0 fully saturated rings. The fraction of sp³-hybridized carbons (Fsp3) is 0.174. The topological polar surface area (TPSA) is 75.7 Å². The molecule has 0 bridgehead atoms. The lowest BCUT2D eigenvalue weighted by Crippen LogP contribution is -2.27. The number of benzene rings is 3. The van der Waals surface area contributed by atoms with Crippen LogP contribution in [0.2, 0.25) is 0 Å². The summed E-state index contributed by atoms with van der Waals surface area (Å²) in [5.74, 6) is -0.291. The van der Waals surface area contributed by atoms with Crippen LogP contribution in [0.3, 0.4) is 0 Å². The summed E-state index contributed by atoms with van der Waals surface area (Å²) in [5, 5.41) is 2.50. The third kappa shape index (κ3) is 5.11. The van der Waals surface area contributed by atoms with E-state index in [9.17, 15) is 26.4 Å². The highest BCUT2D eigenvalue weighted by Crippen LogP contribution is 2.32. The van der Waals surface area contributed by atoms with E-state index in [4.69, 9.17) is 4.74 Å². The van der Waals surface area contributed by atoms with Gasteiger partial charge in [0.1, 0.15) is 5.75 Å². The molecule has 3 aromatic rings. The Morgan fingerprint density at radius 3 is 2.24 bits per heavy atom. The Balaban J connectivity index is 1.90. The van der Waals surface area contributed by atoms with Crippen LogP contribution in [0.15, 0.2) is 71.6 Å². The number of nitrogens with zero attached hydrogens (tertiary/aromatic N) is 1. The second-order valence-corrected chi connectivity index (χ2v) is 9.12. The average molecular weight is 478 g/mol. The molecule has 0 aliphatic carbocycles. The predicted molar refractivity (Wildman–Crippen MR) is 119 cm³/mol. The summed E-state index contributed by atoms with van der Waals surface area (Å²) in [7, 11) is -1.25. The lowest BCUT2D eigenvalue weighted by Gasteiger charge is -2.22. The van der Waals surface area contributed by atoms with E-state index in [0.717, 1.165) is 28.6 Å². The molecular weight excluding hydrogens is 457 g/mol. The van der Waals surface area contributed by atoms with Crippen molar-refractivity contribution in [1.82, 2.24) is 0 Å². The standard InChI is InChI=1S/C23H21F3N2O4S/c1-15-8-13-18(33(30,31)28(2)20-6-4-5-7-21(20)32-3)14-19(15)22(29)27-17-11-9-16(10-12-17)23(24,25)26/h4-14H,1-3H3,(H,27,29). The minimum absolute atomic E-state index is 0.0735. The molecule has 1 amide bonds. The van der Waals surface area contributed by atoms with E-state index in [1.54, 1.807) is 31.2 Å². The number of alkyl halides is 3. The molecule has 0 saturated heterocycles. The van der Waals surface area contributed by atoms with Gasteiger partial charge >= 0.3 is 6.18 Å². The van der Waals surface area contributed by atoms with Gasteiger partial charge in [-0.2, -0.15) is 13.2 Å². The smallest absolute Gasteiger partial charge is 0.416 e. The molecule has 3 aromatic carbocycles. The van der Waals surface area contributed by atoms with Crippen molar-refractivity contribution in [3.63, 3.8) is 0 Å². The normalized spacial score (nSPS) is 11.7. The van der Waals surface area contributed by atoms with E-state index >= 15 is 0 Å².